The Balaban J connectivity index is 1.49. The van der Waals surface area contributed by atoms with Crippen LogP contribution in [0.4, 0.5) is 8.78 Å². The predicted molar refractivity (Wildman–Crippen MR) is 123 cm³/mol. The third-order valence-corrected chi connectivity index (χ3v) is 7.89. The number of halogens is 2. The maximum absolute atomic E-state index is 14.8. The van der Waals surface area contributed by atoms with Crippen molar-refractivity contribution in [1.82, 2.24) is 0 Å². The van der Waals surface area contributed by atoms with Gasteiger partial charge in [0.05, 0.1) is 0 Å². The van der Waals surface area contributed by atoms with E-state index in [9.17, 15) is 8.78 Å². The Morgan fingerprint density at radius 1 is 1.00 bits per heavy atom. The molecule has 30 heavy (non-hydrogen) atoms. The average molecular weight is 411 g/mol. The van der Waals surface area contributed by atoms with E-state index in [-0.39, 0.29) is 0 Å². The minimum atomic E-state index is -0.685. The van der Waals surface area contributed by atoms with E-state index in [2.05, 4.69) is 19.6 Å². The maximum atomic E-state index is 14.8. The Bertz CT molecular complexity index is 884. The molecule has 0 aliphatic heterocycles. The molecule has 0 nitrogen and oxygen atoms in total. The lowest BCUT2D eigenvalue weighted by molar-refractivity contribution is 0.113. The molecule has 4 unspecified atom stereocenters. The zero-order valence-corrected chi connectivity index (χ0v) is 18.4. The molecule has 2 aromatic carbocycles. The van der Waals surface area contributed by atoms with E-state index in [0.717, 1.165) is 23.1 Å². The first-order valence-electron chi connectivity index (χ1n) is 12.1. The van der Waals surface area contributed by atoms with Crippen LogP contribution in [-0.2, 0) is 6.42 Å². The molecule has 0 radical (unpaired) electrons. The minimum Gasteiger partial charge on any atom is -0.203 e. The summed E-state index contributed by atoms with van der Waals surface area (Å²) in [5.41, 5.74) is 1.65. The zero-order chi connectivity index (χ0) is 21.1. The van der Waals surface area contributed by atoms with Crippen LogP contribution in [0.15, 0.2) is 36.9 Å². The van der Waals surface area contributed by atoms with Crippen LogP contribution in [0.3, 0.4) is 0 Å². The molecule has 162 valence electrons. The second-order valence-electron chi connectivity index (χ2n) is 9.82. The molecule has 2 aliphatic rings. The Morgan fingerprint density at radius 2 is 1.80 bits per heavy atom. The van der Waals surface area contributed by atoms with E-state index in [4.69, 9.17) is 0 Å². The summed E-state index contributed by atoms with van der Waals surface area (Å²) in [5, 5.41) is 1.25. The number of hydrogen-bond donors (Lipinski definition) is 0. The number of rotatable bonds is 7. The van der Waals surface area contributed by atoms with Crippen LogP contribution < -0.4 is 0 Å². The number of hydrogen-bond acceptors (Lipinski definition) is 0. The van der Waals surface area contributed by atoms with Gasteiger partial charge in [0.2, 0.25) is 0 Å². The van der Waals surface area contributed by atoms with Crippen LogP contribution in [0, 0.1) is 29.4 Å². The van der Waals surface area contributed by atoms with Crippen molar-refractivity contribution in [3.05, 3.63) is 59.7 Å². The monoisotopic (exact) mass is 410 g/mol. The molecule has 0 aromatic heterocycles. The smallest absolute Gasteiger partial charge is 0.166 e. The second-order valence-corrected chi connectivity index (χ2v) is 9.82. The third-order valence-electron chi connectivity index (χ3n) is 7.89. The molecule has 0 saturated heterocycles. The van der Waals surface area contributed by atoms with Crippen LogP contribution in [0.2, 0.25) is 0 Å². The van der Waals surface area contributed by atoms with Crippen LogP contribution in [0.5, 0.6) is 0 Å². The lowest BCUT2D eigenvalue weighted by Crippen LogP contribution is -2.30. The summed E-state index contributed by atoms with van der Waals surface area (Å²) >= 11 is 0. The molecule has 2 aliphatic carbocycles. The first-order chi connectivity index (χ1) is 14.6. The van der Waals surface area contributed by atoms with Gasteiger partial charge in [0, 0.05) is 5.39 Å². The molecule has 2 heteroatoms. The molecule has 2 saturated carbocycles. The normalized spacial score (nSPS) is 26.5. The largest absolute Gasteiger partial charge is 0.203 e. The van der Waals surface area contributed by atoms with Gasteiger partial charge in [-0.1, -0.05) is 50.8 Å². The van der Waals surface area contributed by atoms with Gasteiger partial charge >= 0.3 is 0 Å². The molecule has 4 rings (SSSR count). The first-order valence-corrected chi connectivity index (χ1v) is 12.1. The topological polar surface area (TPSA) is 0 Å². The summed E-state index contributed by atoms with van der Waals surface area (Å²) in [5.74, 6) is 1.77. The van der Waals surface area contributed by atoms with Crippen molar-refractivity contribution in [3.63, 3.8) is 0 Å². The number of allylic oxidation sites excluding steroid dienone is 1. The van der Waals surface area contributed by atoms with Gasteiger partial charge in [0.1, 0.15) is 0 Å². The van der Waals surface area contributed by atoms with Gasteiger partial charge in [0.25, 0.3) is 0 Å². The molecule has 0 N–H and O–H groups in total. The number of aryl methyl sites for hydroxylation is 1. The third kappa shape index (κ3) is 4.48. The van der Waals surface area contributed by atoms with E-state index < -0.39 is 11.6 Å². The molecule has 2 fully saturated rings. The van der Waals surface area contributed by atoms with Crippen LogP contribution >= 0.6 is 0 Å². The van der Waals surface area contributed by atoms with Crippen molar-refractivity contribution in [2.75, 3.05) is 0 Å². The van der Waals surface area contributed by atoms with Gasteiger partial charge in [-0.05, 0) is 97.3 Å². The molecule has 2 aromatic rings. The molecule has 0 bridgehead atoms. The van der Waals surface area contributed by atoms with Gasteiger partial charge in [-0.15, -0.1) is 6.58 Å². The number of fused-ring (bicyclic) bond motifs is 2. The molecular weight excluding hydrogens is 374 g/mol. The molecule has 0 heterocycles. The predicted octanol–water partition coefficient (Wildman–Crippen LogP) is 8.73. The fourth-order valence-electron chi connectivity index (χ4n) is 6.14. The summed E-state index contributed by atoms with van der Waals surface area (Å²) < 4.78 is 29.4. The maximum Gasteiger partial charge on any atom is 0.166 e. The van der Waals surface area contributed by atoms with Crippen molar-refractivity contribution >= 4 is 10.8 Å². The van der Waals surface area contributed by atoms with E-state index in [1.165, 1.54) is 63.4 Å². The lowest BCUT2D eigenvalue weighted by Gasteiger charge is -2.42. The quantitative estimate of drug-likeness (QED) is 0.400. The molecule has 0 spiro atoms. The summed E-state index contributed by atoms with van der Waals surface area (Å²) in [7, 11) is 0. The second kappa shape index (κ2) is 9.62. The van der Waals surface area contributed by atoms with E-state index in [0.29, 0.717) is 29.7 Å². The van der Waals surface area contributed by atoms with Crippen LogP contribution in [0.25, 0.3) is 10.8 Å². The van der Waals surface area contributed by atoms with E-state index in [1.54, 1.807) is 6.08 Å². The summed E-state index contributed by atoms with van der Waals surface area (Å²) in [6.07, 6.45) is 14.9. The highest BCUT2D eigenvalue weighted by atomic mass is 19.2. The van der Waals surface area contributed by atoms with Crippen molar-refractivity contribution < 1.29 is 8.78 Å². The van der Waals surface area contributed by atoms with Crippen LogP contribution in [-0.4, -0.2) is 0 Å². The van der Waals surface area contributed by atoms with Gasteiger partial charge in [-0.25, -0.2) is 8.78 Å². The SMILES string of the molecule is C=CCCc1cc2ccc(C3CCC4CC(CCCC)CCC4C3)cc2c(F)c1F. The van der Waals surface area contributed by atoms with E-state index in [1.807, 2.05) is 18.2 Å². The summed E-state index contributed by atoms with van der Waals surface area (Å²) in [4.78, 5) is 0. The zero-order valence-electron chi connectivity index (χ0n) is 18.4. The molecular formula is C28H36F2. The highest BCUT2D eigenvalue weighted by Gasteiger charge is 2.35. The van der Waals surface area contributed by atoms with Gasteiger partial charge in [-0.2, -0.15) is 0 Å². The Morgan fingerprint density at radius 3 is 2.60 bits per heavy atom. The Hall–Kier alpha value is -1.70. The minimum absolute atomic E-state index is 0.442. The van der Waals surface area contributed by atoms with Gasteiger partial charge in [-0.3, -0.25) is 0 Å². The standard InChI is InChI=1S/C28H36F2/c1-3-5-7-19-9-10-21-16-22(12-11-20(21)15-19)23-13-14-24-17-25(8-6-4-2)27(29)28(30)26(24)18-23/h4,13-14,17-22H,2-3,5-12,15-16H2,1H3. The van der Waals surface area contributed by atoms with Crippen molar-refractivity contribution in [2.24, 2.45) is 17.8 Å². The molecule has 4 atom stereocenters. The number of unbranched alkanes of at least 4 members (excludes halogenated alkanes) is 1. The molecule has 0 amide bonds. The lowest BCUT2D eigenvalue weighted by atomic mass is 9.63. The van der Waals surface area contributed by atoms with Crippen molar-refractivity contribution in [2.45, 2.75) is 83.5 Å². The highest BCUT2D eigenvalue weighted by Crippen LogP contribution is 2.48. The highest BCUT2D eigenvalue weighted by molar-refractivity contribution is 5.85. The summed E-state index contributed by atoms with van der Waals surface area (Å²) in [6.45, 7) is 5.97. The van der Waals surface area contributed by atoms with E-state index >= 15 is 0 Å². The average Bonchev–Trinajstić information content (AvgIpc) is 2.78. The Kier molecular flexibility index (Phi) is 6.91. The van der Waals surface area contributed by atoms with Gasteiger partial charge < -0.3 is 0 Å². The fraction of sp³-hybridized carbons (Fsp3) is 0.571. The van der Waals surface area contributed by atoms with Gasteiger partial charge in [0.15, 0.2) is 11.6 Å². The number of benzene rings is 2. The van der Waals surface area contributed by atoms with Crippen molar-refractivity contribution in [1.29, 1.82) is 0 Å². The first kappa shape index (κ1) is 21.5. The fourth-order valence-corrected chi connectivity index (χ4v) is 6.14. The van der Waals surface area contributed by atoms with Crippen LogP contribution in [0.1, 0.15) is 88.2 Å². The summed E-state index contributed by atoms with van der Waals surface area (Å²) in [6, 6.07) is 7.91. The Labute approximate surface area is 180 Å². The van der Waals surface area contributed by atoms with Crippen molar-refractivity contribution in [3.8, 4) is 0 Å².